The zero-order valence-corrected chi connectivity index (χ0v) is 8.92. The third kappa shape index (κ3) is 8.96. The number of nitrogens with two attached hydrogens (primary N) is 1. The number of unbranched alkanes of at least 4 members (excludes halogenated alkanes) is 3. The van der Waals surface area contributed by atoms with E-state index in [2.05, 4.69) is 17.2 Å². The van der Waals surface area contributed by atoms with Gasteiger partial charge in [0.2, 0.25) is 0 Å². The summed E-state index contributed by atoms with van der Waals surface area (Å²) in [5.74, 6) is -0.490. The molecule has 3 amide bonds. The number of carbonyl (C=O) groups excluding carboxylic acids is 2. The largest absolute Gasteiger partial charge is 0.338 e. The summed E-state index contributed by atoms with van der Waals surface area (Å²) in [6.07, 6.45) is 5.08. The van der Waals surface area contributed by atoms with Gasteiger partial charge in [-0.05, 0) is 25.5 Å². The second kappa shape index (κ2) is 9.21. The first kappa shape index (κ1) is 13.6. The first-order chi connectivity index (χ1) is 7.20. The van der Waals surface area contributed by atoms with E-state index in [1.807, 2.05) is 0 Å². The summed E-state index contributed by atoms with van der Waals surface area (Å²) in [4.78, 5) is 21.7. The summed E-state index contributed by atoms with van der Waals surface area (Å²) < 4.78 is 0. The SMILES string of the molecule is C=CC(=O)NC(=O)NCCCCCCN. The molecule has 5 heteroatoms. The van der Waals surface area contributed by atoms with Crippen molar-refractivity contribution >= 4 is 11.9 Å². The van der Waals surface area contributed by atoms with Crippen LogP contribution in [0.1, 0.15) is 25.7 Å². The minimum Gasteiger partial charge on any atom is -0.338 e. The fourth-order valence-corrected chi connectivity index (χ4v) is 1.03. The van der Waals surface area contributed by atoms with Gasteiger partial charge < -0.3 is 11.1 Å². The lowest BCUT2D eigenvalue weighted by atomic mass is 10.2. The Kier molecular flexibility index (Phi) is 8.37. The normalized spacial score (nSPS) is 9.40. The van der Waals surface area contributed by atoms with Crippen LogP contribution in [0.2, 0.25) is 0 Å². The van der Waals surface area contributed by atoms with Gasteiger partial charge in [-0.1, -0.05) is 19.4 Å². The molecule has 0 aromatic heterocycles. The highest BCUT2D eigenvalue weighted by molar-refractivity contribution is 5.99. The Bertz CT molecular complexity index is 217. The number of nitrogens with one attached hydrogen (secondary N) is 2. The van der Waals surface area contributed by atoms with Crippen LogP contribution in [-0.2, 0) is 4.79 Å². The minimum absolute atomic E-state index is 0.473. The highest BCUT2D eigenvalue weighted by Crippen LogP contribution is 1.96. The second-order valence-corrected chi connectivity index (χ2v) is 3.15. The van der Waals surface area contributed by atoms with Crippen LogP contribution in [0.3, 0.4) is 0 Å². The number of carbonyl (C=O) groups is 2. The summed E-state index contributed by atoms with van der Waals surface area (Å²) in [6, 6.07) is -0.473. The predicted octanol–water partition coefficient (Wildman–Crippen LogP) is 0.517. The molecule has 0 aromatic rings. The van der Waals surface area contributed by atoms with Crippen LogP contribution < -0.4 is 16.4 Å². The maximum Gasteiger partial charge on any atom is 0.321 e. The van der Waals surface area contributed by atoms with Gasteiger partial charge in [0.15, 0.2) is 0 Å². The molecule has 0 radical (unpaired) electrons. The maximum atomic E-state index is 11.0. The molecule has 0 heterocycles. The zero-order chi connectivity index (χ0) is 11.5. The number of urea groups is 1. The monoisotopic (exact) mass is 213 g/mol. The molecule has 0 aliphatic rings. The summed E-state index contributed by atoms with van der Waals surface area (Å²) in [7, 11) is 0. The molecule has 86 valence electrons. The van der Waals surface area contributed by atoms with Gasteiger partial charge in [-0.2, -0.15) is 0 Å². The average Bonchev–Trinajstić information content (AvgIpc) is 2.23. The molecule has 0 aliphatic carbocycles. The van der Waals surface area contributed by atoms with E-state index >= 15 is 0 Å². The second-order valence-electron chi connectivity index (χ2n) is 3.15. The summed E-state index contributed by atoms with van der Waals surface area (Å²) >= 11 is 0. The molecule has 5 nitrogen and oxygen atoms in total. The standard InChI is InChI=1S/C10H19N3O2/c1-2-9(14)13-10(15)12-8-6-4-3-5-7-11/h2H,1,3-8,11H2,(H2,12,13,14,15). The Balaban J connectivity index is 3.31. The Labute approximate surface area is 90.1 Å². The molecule has 0 saturated carbocycles. The van der Waals surface area contributed by atoms with Crippen molar-refractivity contribution in [3.8, 4) is 0 Å². The average molecular weight is 213 g/mol. The van der Waals surface area contributed by atoms with Crippen LogP contribution in [0.15, 0.2) is 12.7 Å². The molecule has 4 N–H and O–H groups in total. The Morgan fingerprint density at radius 2 is 1.87 bits per heavy atom. The third-order valence-electron chi connectivity index (χ3n) is 1.84. The number of amides is 3. The van der Waals surface area contributed by atoms with Gasteiger partial charge in [-0.25, -0.2) is 4.79 Å². The van der Waals surface area contributed by atoms with E-state index in [-0.39, 0.29) is 0 Å². The van der Waals surface area contributed by atoms with E-state index < -0.39 is 11.9 Å². The van der Waals surface area contributed by atoms with Crippen molar-refractivity contribution in [3.63, 3.8) is 0 Å². The van der Waals surface area contributed by atoms with Crippen molar-refractivity contribution in [2.45, 2.75) is 25.7 Å². The predicted molar refractivity (Wildman–Crippen MR) is 59.3 cm³/mol. The number of hydrogen-bond acceptors (Lipinski definition) is 3. The van der Waals surface area contributed by atoms with Crippen molar-refractivity contribution in [2.75, 3.05) is 13.1 Å². The molecule has 0 spiro atoms. The van der Waals surface area contributed by atoms with Gasteiger partial charge in [-0.15, -0.1) is 0 Å². The van der Waals surface area contributed by atoms with Crippen molar-refractivity contribution in [1.29, 1.82) is 0 Å². The van der Waals surface area contributed by atoms with Crippen LogP contribution >= 0.6 is 0 Å². The van der Waals surface area contributed by atoms with Crippen molar-refractivity contribution in [3.05, 3.63) is 12.7 Å². The number of rotatable bonds is 7. The van der Waals surface area contributed by atoms with Crippen molar-refractivity contribution < 1.29 is 9.59 Å². The molecule has 0 aromatic carbocycles. The lowest BCUT2D eigenvalue weighted by molar-refractivity contribution is -0.115. The van der Waals surface area contributed by atoms with Gasteiger partial charge in [0, 0.05) is 6.54 Å². The lowest BCUT2D eigenvalue weighted by Crippen LogP contribution is -2.38. The molecule has 0 atom stereocenters. The van der Waals surface area contributed by atoms with E-state index in [4.69, 9.17) is 5.73 Å². The molecular weight excluding hydrogens is 194 g/mol. The van der Waals surface area contributed by atoms with E-state index in [9.17, 15) is 9.59 Å². The zero-order valence-electron chi connectivity index (χ0n) is 8.92. The first-order valence-corrected chi connectivity index (χ1v) is 5.12. The molecule has 15 heavy (non-hydrogen) atoms. The lowest BCUT2D eigenvalue weighted by Gasteiger charge is -2.04. The maximum absolute atomic E-state index is 11.0. The Hall–Kier alpha value is -1.36. The van der Waals surface area contributed by atoms with Crippen molar-refractivity contribution in [2.24, 2.45) is 5.73 Å². The molecular formula is C10H19N3O2. The van der Waals surface area contributed by atoms with Crippen LogP contribution in [0.25, 0.3) is 0 Å². The van der Waals surface area contributed by atoms with Crippen LogP contribution in [0.5, 0.6) is 0 Å². The fraction of sp³-hybridized carbons (Fsp3) is 0.600. The van der Waals surface area contributed by atoms with E-state index in [0.29, 0.717) is 13.1 Å². The molecule has 0 unspecified atom stereocenters. The molecule has 0 fully saturated rings. The van der Waals surface area contributed by atoms with Gasteiger partial charge >= 0.3 is 6.03 Å². The number of hydrogen-bond donors (Lipinski definition) is 3. The summed E-state index contributed by atoms with van der Waals surface area (Å²) in [6.45, 7) is 4.52. The highest BCUT2D eigenvalue weighted by Gasteiger charge is 2.01. The van der Waals surface area contributed by atoms with Crippen molar-refractivity contribution in [1.82, 2.24) is 10.6 Å². The van der Waals surface area contributed by atoms with Gasteiger partial charge in [0.25, 0.3) is 5.91 Å². The highest BCUT2D eigenvalue weighted by atomic mass is 16.2. The van der Waals surface area contributed by atoms with E-state index in [1.165, 1.54) is 0 Å². The summed E-state index contributed by atoms with van der Waals surface area (Å²) in [5, 5.41) is 4.68. The van der Waals surface area contributed by atoms with Crippen LogP contribution in [0.4, 0.5) is 4.79 Å². The van der Waals surface area contributed by atoms with Crippen LogP contribution in [0, 0.1) is 0 Å². The third-order valence-corrected chi connectivity index (χ3v) is 1.84. The fourth-order valence-electron chi connectivity index (χ4n) is 1.03. The first-order valence-electron chi connectivity index (χ1n) is 5.12. The van der Waals surface area contributed by atoms with Crippen LogP contribution in [-0.4, -0.2) is 25.0 Å². The quantitative estimate of drug-likeness (QED) is 0.425. The van der Waals surface area contributed by atoms with Gasteiger partial charge in [0.1, 0.15) is 0 Å². The Morgan fingerprint density at radius 1 is 1.20 bits per heavy atom. The van der Waals surface area contributed by atoms with E-state index in [0.717, 1.165) is 31.8 Å². The van der Waals surface area contributed by atoms with Gasteiger partial charge in [0.05, 0.1) is 0 Å². The number of imide groups is 1. The molecule has 0 aliphatic heterocycles. The molecule has 0 saturated heterocycles. The molecule has 0 bridgehead atoms. The minimum atomic E-state index is -0.490. The topological polar surface area (TPSA) is 84.2 Å². The van der Waals surface area contributed by atoms with Gasteiger partial charge in [-0.3, -0.25) is 10.1 Å². The molecule has 0 rings (SSSR count). The smallest absolute Gasteiger partial charge is 0.321 e. The van der Waals surface area contributed by atoms with E-state index in [1.54, 1.807) is 0 Å². The Morgan fingerprint density at radius 3 is 2.47 bits per heavy atom. The summed E-state index contributed by atoms with van der Waals surface area (Å²) in [5.41, 5.74) is 5.33.